The lowest BCUT2D eigenvalue weighted by Gasteiger charge is -2.22. The van der Waals surface area contributed by atoms with E-state index in [0.717, 1.165) is 0 Å². The molecule has 0 N–H and O–H groups in total. The number of hydrogen-bond donors (Lipinski definition) is 0. The van der Waals surface area contributed by atoms with E-state index >= 15 is 0 Å². The number of thioether (sulfide) groups is 1. The Morgan fingerprint density at radius 1 is 1.08 bits per heavy atom. The third-order valence-corrected chi connectivity index (χ3v) is 5.62. The van der Waals surface area contributed by atoms with Crippen molar-refractivity contribution < 1.29 is 14.5 Å². The van der Waals surface area contributed by atoms with Gasteiger partial charge in [-0.3, -0.25) is 19.8 Å². The molecule has 3 amide bonds. The van der Waals surface area contributed by atoms with E-state index in [-0.39, 0.29) is 17.6 Å². The monoisotopic (exact) mass is 355 g/mol. The van der Waals surface area contributed by atoms with E-state index in [9.17, 15) is 19.7 Å². The predicted octanol–water partition coefficient (Wildman–Crippen LogP) is 3.18. The fourth-order valence-corrected chi connectivity index (χ4v) is 4.56. The number of carbonyl (C=O) groups is 2. The average Bonchev–Trinajstić information content (AvgIpc) is 3.16. The number of rotatable bonds is 3. The molecule has 2 aromatic rings. The fourth-order valence-electron chi connectivity index (χ4n) is 3.15. The van der Waals surface area contributed by atoms with Gasteiger partial charge in [-0.1, -0.05) is 30.3 Å². The van der Waals surface area contributed by atoms with E-state index < -0.39 is 16.3 Å². The first-order valence-electron chi connectivity index (χ1n) is 7.65. The van der Waals surface area contributed by atoms with Gasteiger partial charge in [-0.25, -0.2) is 9.69 Å². The molecule has 7 nitrogen and oxygen atoms in total. The molecule has 0 aliphatic carbocycles. The summed E-state index contributed by atoms with van der Waals surface area (Å²) in [4.78, 5) is 38.8. The molecule has 126 valence electrons. The first-order valence-corrected chi connectivity index (χ1v) is 8.70. The maximum atomic E-state index is 12.9. The van der Waals surface area contributed by atoms with Crippen molar-refractivity contribution in [1.82, 2.24) is 4.90 Å². The van der Waals surface area contributed by atoms with Gasteiger partial charge in [-0.05, 0) is 17.7 Å². The van der Waals surface area contributed by atoms with Crippen LogP contribution < -0.4 is 4.90 Å². The van der Waals surface area contributed by atoms with Gasteiger partial charge in [0, 0.05) is 17.9 Å². The Morgan fingerprint density at radius 2 is 1.84 bits per heavy atom. The van der Waals surface area contributed by atoms with Gasteiger partial charge in [-0.15, -0.1) is 11.8 Å². The Labute approximate surface area is 147 Å². The van der Waals surface area contributed by atoms with Crippen LogP contribution in [0.15, 0.2) is 54.6 Å². The highest BCUT2D eigenvalue weighted by atomic mass is 32.2. The number of carbonyl (C=O) groups excluding carboxylic acids is 2. The molecule has 2 saturated heterocycles. The van der Waals surface area contributed by atoms with Crippen LogP contribution >= 0.6 is 11.8 Å². The molecule has 0 aromatic heterocycles. The number of imide groups is 1. The lowest BCUT2D eigenvalue weighted by molar-refractivity contribution is -0.384. The van der Waals surface area contributed by atoms with Crippen LogP contribution in [0, 0.1) is 10.1 Å². The van der Waals surface area contributed by atoms with Gasteiger partial charge in [-0.2, -0.15) is 0 Å². The largest absolute Gasteiger partial charge is 0.333 e. The first kappa shape index (κ1) is 15.6. The topological polar surface area (TPSA) is 83.8 Å². The Hall–Kier alpha value is -2.87. The minimum absolute atomic E-state index is 0.0283. The number of non-ortho nitro benzene ring substituents is 1. The van der Waals surface area contributed by atoms with Crippen LogP contribution in [0.3, 0.4) is 0 Å². The van der Waals surface area contributed by atoms with Crippen LogP contribution in [0.2, 0.25) is 0 Å². The number of nitrogens with zero attached hydrogens (tertiary/aromatic N) is 3. The van der Waals surface area contributed by atoms with E-state index in [1.54, 1.807) is 36.4 Å². The molecule has 2 heterocycles. The normalized spacial score (nSPS) is 22.4. The number of fused-ring (bicyclic) bond motifs is 1. The summed E-state index contributed by atoms with van der Waals surface area (Å²) >= 11 is 1.45. The fraction of sp³-hybridized carbons (Fsp3) is 0.176. The van der Waals surface area contributed by atoms with Crippen LogP contribution in [0.25, 0.3) is 0 Å². The standard InChI is InChI=1S/C17H13N3O4S/c21-15-14-10-25-16(11-5-4-8-13(9-11)20(23)24)19(14)17(22)18(15)12-6-2-1-3-7-12/h1-9,14,16H,10H2. The van der Waals surface area contributed by atoms with E-state index in [1.165, 1.54) is 33.7 Å². The summed E-state index contributed by atoms with van der Waals surface area (Å²) in [5, 5.41) is 10.6. The Kier molecular flexibility index (Phi) is 3.69. The second-order valence-corrected chi connectivity index (χ2v) is 6.87. The van der Waals surface area contributed by atoms with Crippen LogP contribution in [0.4, 0.5) is 16.2 Å². The van der Waals surface area contributed by atoms with Crippen molar-refractivity contribution >= 4 is 35.1 Å². The van der Waals surface area contributed by atoms with Crippen molar-refractivity contribution in [3.63, 3.8) is 0 Å². The van der Waals surface area contributed by atoms with Gasteiger partial charge in [0.25, 0.3) is 11.6 Å². The summed E-state index contributed by atoms with van der Waals surface area (Å²) in [5.41, 5.74) is 1.16. The lowest BCUT2D eigenvalue weighted by atomic mass is 10.1. The van der Waals surface area contributed by atoms with Gasteiger partial charge in [0.2, 0.25) is 0 Å². The minimum atomic E-state index is -0.540. The Morgan fingerprint density at radius 3 is 2.56 bits per heavy atom. The average molecular weight is 355 g/mol. The number of hydrogen-bond acceptors (Lipinski definition) is 5. The zero-order valence-electron chi connectivity index (χ0n) is 12.9. The summed E-state index contributed by atoms with van der Waals surface area (Å²) in [6, 6.07) is 14.1. The smallest absolute Gasteiger partial charge is 0.295 e. The molecular weight excluding hydrogens is 342 g/mol. The number of anilines is 1. The van der Waals surface area contributed by atoms with Crippen LogP contribution in [0.5, 0.6) is 0 Å². The van der Waals surface area contributed by atoms with Crippen LogP contribution in [0.1, 0.15) is 10.9 Å². The highest BCUT2D eigenvalue weighted by Gasteiger charge is 2.53. The van der Waals surface area contributed by atoms with Crippen LogP contribution in [-0.4, -0.2) is 33.6 Å². The zero-order chi connectivity index (χ0) is 17.6. The molecule has 0 spiro atoms. The molecule has 2 aromatic carbocycles. The maximum absolute atomic E-state index is 12.9. The summed E-state index contributed by atoms with van der Waals surface area (Å²) in [6.45, 7) is 0. The molecule has 25 heavy (non-hydrogen) atoms. The van der Waals surface area contributed by atoms with Crippen molar-refractivity contribution in [2.75, 3.05) is 10.7 Å². The predicted molar refractivity (Wildman–Crippen MR) is 93.2 cm³/mol. The van der Waals surface area contributed by atoms with Crippen molar-refractivity contribution in [2.24, 2.45) is 0 Å². The molecule has 2 unspecified atom stereocenters. The third kappa shape index (κ3) is 2.45. The highest BCUT2D eigenvalue weighted by molar-refractivity contribution is 7.99. The van der Waals surface area contributed by atoms with Crippen LogP contribution in [-0.2, 0) is 4.79 Å². The summed E-state index contributed by atoms with van der Waals surface area (Å²) < 4.78 is 0. The van der Waals surface area contributed by atoms with Gasteiger partial charge >= 0.3 is 6.03 Å². The summed E-state index contributed by atoms with van der Waals surface area (Å²) in [7, 11) is 0. The molecule has 0 bridgehead atoms. The third-order valence-electron chi connectivity index (χ3n) is 4.30. The Bertz CT molecular complexity index is 873. The molecule has 2 aliphatic rings. The number of para-hydroxylation sites is 1. The van der Waals surface area contributed by atoms with E-state index in [2.05, 4.69) is 0 Å². The van der Waals surface area contributed by atoms with Gasteiger partial charge in [0.05, 0.1) is 10.6 Å². The molecule has 0 radical (unpaired) electrons. The van der Waals surface area contributed by atoms with Crippen molar-refractivity contribution in [1.29, 1.82) is 0 Å². The van der Waals surface area contributed by atoms with Crippen molar-refractivity contribution in [3.05, 3.63) is 70.3 Å². The number of nitro benzene ring substituents is 1. The van der Waals surface area contributed by atoms with E-state index in [4.69, 9.17) is 0 Å². The Balaban J connectivity index is 1.69. The maximum Gasteiger partial charge on any atom is 0.333 e. The molecule has 2 aliphatic heterocycles. The van der Waals surface area contributed by atoms with Gasteiger partial charge in [0.1, 0.15) is 11.4 Å². The molecule has 2 atom stereocenters. The highest BCUT2D eigenvalue weighted by Crippen LogP contribution is 2.46. The van der Waals surface area contributed by atoms with Gasteiger partial charge in [0.15, 0.2) is 0 Å². The van der Waals surface area contributed by atoms with E-state index in [1.807, 2.05) is 6.07 Å². The second-order valence-electron chi connectivity index (χ2n) is 5.75. The molecular formula is C17H13N3O4S. The van der Waals surface area contributed by atoms with Gasteiger partial charge < -0.3 is 0 Å². The molecule has 0 saturated carbocycles. The summed E-state index contributed by atoms with van der Waals surface area (Å²) in [6.07, 6.45) is 0. The SMILES string of the molecule is O=C1C2CSC(c3cccc([N+](=O)[O-])c3)N2C(=O)N1c1ccccc1. The minimum Gasteiger partial charge on any atom is -0.295 e. The second kappa shape index (κ2) is 5.89. The van der Waals surface area contributed by atoms with Crippen molar-refractivity contribution in [2.45, 2.75) is 11.4 Å². The quantitative estimate of drug-likeness (QED) is 0.480. The number of urea groups is 1. The van der Waals surface area contributed by atoms with E-state index in [0.29, 0.717) is 17.0 Å². The molecule has 8 heteroatoms. The number of nitro groups is 1. The zero-order valence-corrected chi connectivity index (χ0v) is 13.8. The van der Waals surface area contributed by atoms with Crippen molar-refractivity contribution in [3.8, 4) is 0 Å². The summed E-state index contributed by atoms with van der Waals surface area (Å²) in [5.74, 6) is 0.220. The number of amides is 3. The molecule has 4 rings (SSSR count). The lowest BCUT2D eigenvalue weighted by Crippen LogP contribution is -2.33. The molecule has 2 fully saturated rings. The number of benzene rings is 2. The first-order chi connectivity index (χ1) is 12.1.